The lowest BCUT2D eigenvalue weighted by atomic mass is 10.1. The van der Waals surface area contributed by atoms with Gasteiger partial charge in [0.25, 0.3) is 5.91 Å². The summed E-state index contributed by atoms with van der Waals surface area (Å²) < 4.78 is 0. The topological polar surface area (TPSA) is 146 Å². The lowest BCUT2D eigenvalue weighted by Gasteiger charge is -2.12. The van der Waals surface area contributed by atoms with Gasteiger partial charge in [-0.3, -0.25) is 36.3 Å². The van der Waals surface area contributed by atoms with Crippen molar-refractivity contribution in [3.8, 4) is 0 Å². The van der Waals surface area contributed by atoms with Gasteiger partial charge < -0.3 is 5.32 Å². The van der Waals surface area contributed by atoms with Crippen molar-refractivity contribution < 1.29 is 9.59 Å². The molecule has 0 bridgehead atoms. The monoisotopic (exact) mass is 455 g/mol. The van der Waals surface area contributed by atoms with Gasteiger partial charge in [-0.25, -0.2) is 0 Å². The van der Waals surface area contributed by atoms with Gasteiger partial charge in [0.1, 0.15) is 0 Å². The molecule has 170 valence electrons. The molecule has 11 heteroatoms. The number of nitrogens with zero attached hydrogens (tertiary/aromatic N) is 4. The third-order valence-electron chi connectivity index (χ3n) is 4.42. The fourth-order valence-corrected chi connectivity index (χ4v) is 2.83. The molecule has 0 aliphatic rings. The molecular formula is C23H21N9O2. The minimum absolute atomic E-state index is 0.0515. The van der Waals surface area contributed by atoms with Crippen molar-refractivity contribution in [2.24, 2.45) is 0 Å². The summed E-state index contributed by atoms with van der Waals surface area (Å²) in [6, 6.07) is 21.8. The number of nitrogens with one attached hydrogen (secondary N) is 5. The molecule has 0 atom stereocenters. The molecule has 4 aromatic rings. The summed E-state index contributed by atoms with van der Waals surface area (Å²) in [5.74, 6) is -0.358. The molecule has 5 N–H and O–H groups in total. The van der Waals surface area contributed by atoms with Gasteiger partial charge in [-0.1, -0.05) is 48.5 Å². The Kier molecular flexibility index (Phi) is 7.16. The van der Waals surface area contributed by atoms with E-state index in [4.69, 9.17) is 0 Å². The van der Waals surface area contributed by atoms with E-state index in [-0.39, 0.29) is 30.2 Å². The average Bonchev–Trinajstić information content (AvgIpc) is 2.88. The molecule has 0 aliphatic carbocycles. The molecule has 2 aromatic heterocycles. The first-order valence-electron chi connectivity index (χ1n) is 10.3. The van der Waals surface area contributed by atoms with Crippen LogP contribution in [0.15, 0.2) is 85.2 Å². The first kappa shape index (κ1) is 22.1. The van der Waals surface area contributed by atoms with Crippen molar-refractivity contribution in [2.45, 2.75) is 6.42 Å². The van der Waals surface area contributed by atoms with Crippen LogP contribution in [0.2, 0.25) is 0 Å². The highest BCUT2D eigenvalue weighted by Crippen LogP contribution is 2.15. The van der Waals surface area contributed by atoms with E-state index in [0.29, 0.717) is 5.56 Å². The highest BCUT2D eigenvalue weighted by atomic mass is 16.2. The van der Waals surface area contributed by atoms with Gasteiger partial charge in [-0.15, -0.1) is 0 Å². The molecule has 0 fully saturated rings. The number of carbonyl (C=O) groups excluding carboxylic acids is 2. The van der Waals surface area contributed by atoms with E-state index in [2.05, 4.69) is 47.0 Å². The molecule has 0 spiro atoms. The number of hydrogen-bond acceptors (Lipinski definition) is 9. The van der Waals surface area contributed by atoms with Crippen LogP contribution in [0.3, 0.4) is 0 Å². The molecule has 2 heterocycles. The molecule has 0 aliphatic heterocycles. The maximum atomic E-state index is 12.3. The van der Waals surface area contributed by atoms with E-state index in [1.54, 1.807) is 12.1 Å². The number of para-hydroxylation sites is 1. The van der Waals surface area contributed by atoms with Crippen molar-refractivity contribution in [1.29, 1.82) is 0 Å². The van der Waals surface area contributed by atoms with E-state index in [0.717, 1.165) is 11.3 Å². The maximum Gasteiger partial charge on any atom is 0.269 e. The third-order valence-corrected chi connectivity index (χ3v) is 4.42. The SMILES string of the molecule is O=C(Cc1ccccc1)NNc1nc(NNC(=O)c2ccncc2)nc(Nc2ccccc2)n1. The normalized spacial score (nSPS) is 10.1. The van der Waals surface area contributed by atoms with Crippen LogP contribution in [0, 0.1) is 0 Å². The van der Waals surface area contributed by atoms with Gasteiger partial charge in [0.15, 0.2) is 0 Å². The minimum atomic E-state index is -0.397. The fraction of sp³-hybridized carbons (Fsp3) is 0.0435. The van der Waals surface area contributed by atoms with Gasteiger partial charge in [0.05, 0.1) is 6.42 Å². The zero-order valence-electron chi connectivity index (χ0n) is 17.9. The molecule has 34 heavy (non-hydrogen) atoms. The first-order chi connectivity index (χ1) is 16.7. The summed E-state index contributed by atoms with van der Waals surface area (Å²) in [5.41, 5.74) is 12.5. The van der Waals surface area contributed by atoms with Crippen LogP contribution in [-0.4, -0.2) is 31.8 Å². The Morgan fingerprint density at radius 3 is 1.94 bits per heavy atom. The van der Waals surface area contributed by atoms with Crippen LogP contribution >= 0.6 is 0 Å². The van der Waals surface area contributed by atoms with Crippen LogP contribution in [0.25, 0.3) is 0 Å². The molecule has 2 aromatic carbocycles. The summed E-state index contributed by atoms with van der Waals surface area (Å²) in [5, 5.41) is 3.06. The summed E-state index contributed by atoms with van der Waals surface area (Å²) in [7, 11) is 0. The van der Waals surface area contributed by atoms with Gasteiger partial charge >= 0.3 is 0 Å². The van der Waals surface area contributed by atoms with Crippen LogP contribution in [-0.2, 0) is 11.2 Å². The molecule has 4 rings (SSSR count). The summed E-state index contributed by atoms with van der Waals surface area (Å²) in [6.07, 6.45) is 3.21. The fourth-order valence-electron chi connectivity index (χ4n) is 2.83. The highest BCUT2D eigenvalue weighted by Gasteiger charge is 2.11. The molecule has 0 saturated carbocycles. The largest absolute Gasteiger partial charge is 0.324 e. The number of amides is 2. The predicted octanol–water partition coefficient (Wildman–Crippen LogP) is 2.45. The first-order valence-corrected chi connectivity index (χ1v) is 10.3. The Morgan fingerprint density at radius 1 is 0.676 bits per heavy atom. The molecule has 0 radical (unpaired) electrons. The smallest absolute Gasteiger partial charge is 0.269 e. The number of aromatic nitrogens is 4. The molecule has 11 nitrogen and oxygen atoms in total. The van der Waals surface area contributed by atoms with Gasteiger partial charge in [-0.05, 0) is 29.8 Å². The van der Waals surface area contributed by atoms with Crippen LogP contribution in [0.5, 0.6) is 0 Å². The Balaban J connectivity index is 1.46. The summed E-state index contributed by atoms with van der Waals surface area (Å²) in [6.45, 7) is 0. The molecule has 2 amide bonds. The second-order valence-electron chi connectivity index (χ2n) is 6.95. The van der Waals surface area contributed by atoms with Gasteiger partial charge in [-0.2, -0.15) is 15.0 Å². The quantitative estimate of drug-likeness (QED) is 0.240. The zero-order valence-corrected chi connectivity index (χ0v) is 17.9. The highest BCUT2D eigenvalue weighted by molar-refractivity contribution is 5.94. The number of rotatable bonds is 9. The van der Waals surface area contributed by atoms with Crippen LogP contribution in [0.1, 0.15) is 15.9 Å². The summed E-state index contributed by atoms with van der Waals surface area (Å²) >= 11 is 0. The average molecular weight is 455 g/mol. The lowest BCUT2D eigenvalue weighted by Crippen LogP contribution is -2.33. The van der Waals surface area contributed by atoms with E-state index >= 15 is 0 Å². The van der Waals surface area contributed by atoms with Crippen molar-refractivity contribution >= 4 is 35.3 Å². The van der Waals surface area contributed by atoms with Gasteiger partial charge in [0, 0.05) is 23.6 Å². The van der Waals surface area contributed by atoms with Crippen LogP contribution in [0.4, 0.5) is 23.5 Å². The van der Waals surface area contributed by atoms with E-state index < -0.39 is 5.91 Å². The van der Waals surface area contributed by atoms with Crippen molar-refractivity contribution in [3.63, 3.8) is 0 Å². The van der Waals surface area contributed by atoms with E-state index in [1.807, 2.05) is 60.7 Å². The Bertz CT molecular complexity index is 1240. The number of anilines is 4. The Morgan fingerprint density at radius 2 is 1.26 bits per heavy atom. The predicted molar refractivity (Wildman–Crippen MR) is 127 cm³/mol. The van der Waals surface area contributed by atoms with Crippen molar-refractivity contribution in [2.75, 3.05) is 16.2 Å². The number of pyridine rings is 1. The number of hydrogen-bond donors (Lipinski definition) is 5. The molecule has 0 unspecified atom stereocenters. The number of benzene rings is 2. The maximum absolute atomic E-state index is 12.3. The minimum Gasteiger partial charge on any atom is -0.324 e. The Hall–Kier alpha value is -5.06. The second-order valence-corrected chi connectivity index (χ2v) is 6.95. The zero-order chi connectivity index (χ0) is 23.6. The Labute approximate surface area is 195 Å². The number of carbonyl (C=O) groups is 2. The standard InChI is InChI=1S/C23H21N9O2/c33-19(15-16-7-3-1-4-8-16)29-31-22-26-21(25-18-9-5-2-6-10-18)27-23(28-22)32-30-20(34)17-11-13-24-14-12-17/h1-14H,15H2,(H,29,33)(H,30,34)(H3,25,26,27,28,31,32). The van der Waals surface area contributed by atoms with Crippen LogP contribution < -0.4 is 27.0 Å². The van der Waals surface area contributed by atoms with Crippen molar-refractivity contribution in [3.05, 3.63) is 96.3 Å². The number of hydrazine groups is 2. The van der Waals surface area contributed by atoms with Gasteiger partial charge in [0.2, 0.25) is 23.8 Å². The van der Waals surface area contributed by atoms with Crippen molar-refractivity contribution in [1.82, 2.24) is 30.8 Å². The van der Waals surface area contributed by atoms with E-state index in [9.17, 15) is 9.59 Å². The second kappa shape index (κ2) is 11.0. The third kappa shape index (κ3) is 6.47. The lowest BCUT2D eigenvalue weighted by molar-refractivity contribution is -0.119. The molecular weight excluding hydrogens is 434 g/mol. The summed E-state index contributed by atoms with van der Waals surface area (Å²) in [4.78, 5) is 41.2. The molecule has 0 saturated heterocycles. The van der Waals surface area contributed by atoms with E-state index in [1.165, 1.54) is 12.4 Å².